The van der Waals surface area contributed by atoms with Crippen molar-refractivity contribution in [2.24, 2.45) is 0 Å². The highest BCUT2D eigenvalue weighted by molar-refractivity contribution is 5.82. The summed E-state index contributed by atoms with van der Waals surface area (Å²) in [6.07, 6.45) is -3.90. The molecule has 8 heteroatoms. The Balaban J connectivity index is 4.18. The first-order chi connectivity index (χ1) is 8.30. The lowest BCUT2D eigenvalue weighted by atomic mass is 10.4. The number of carbonyl (C=O) groups is 2. The lowest BCUT2D eigenvalue weighted by molar-refractivity contribution is -0.178. The lowest BCUT2D eigenvalue weighted by Crippen LogP contribution is -2.39. The number of methoxy groups -OCH3 is 1. The zero-order valence-corrected chi connectivity index (χ0v) is 10.2. The number of halogens is 3. The summed E-state index contributed by atoms with van der Waals surface area (Å²) in [6.45, 7) is -0.469. The molecule has 0 saturated heterocycles. The van der Waals surface area contributed by atoms with Crippen LogP contribution in [-0.2, 0) is 19.1 Å². The molecule has 0 heterocycles. The first kappa shape index (κ1) is 16.7. The van der Waals surface area contributed by atoms with Gasteiger partial charge in [0.05, 0.1) is 7.11 Å². The molecule has 0 aliphatic rings. The van der Waals surface area contributed by atoms with Gasteiger partial charge >= 0.3 is 12.1 Å². The predicted octanol–water partition coefficient (Wildman–Crippen LogP) is 0.977. The second-order valence-electron chi connectivity index (χ2n) is 3.50. The molecule has 0 unspecified atom stereocenters. The van der Waals surface area contributed by atoms with E-state index in [1.54, 1.807) is 6.92 Å². The monoisotopic (exact) mass is 271 g/mol. The standard InChI is InChI=1S/C10H16F3NO4/c1-3-4-14(5-9(16)17-2)8(15)6-18-7-10(11,12)13/h3-7H2,1-2H3. The molecule has 0 aliphatic carbocycles. The summed E-state index contributed by atoms with van der Waals surface area (Å²) >= 11 is 0. The largest absolute Gasteiger partial charge is 0.468 e. The Labute approximate surface area is 103 Å². The number of hydrogen-bond acceptors (Lipinski definition) is 4. The average molecular weight is 271 g/mol. The van der Waals surface area contributed by atoms with Crippen molar-refractivity contribution in [2.75, 3.05) is 33.4 Å². The van der Waals surface area contributed by atoms with Crippen molar-refractivity contribution in [1.82, 2.24) is 4.90 Å². The van der Waals surface area contributed by atoms with Crippen molar-refractivity contribution in [3.8, 4) is 0 Å². The molecule has 0 aliphatic heterocycles. The van der Waals surface area contributed by atoms with Crippen molar-refractivity contribution < 1.29 is 32.2 Å². The minimum Gasteiger partial charge on any atom is -0.468 e. The minimum absolute atomic E-state index is 0.253. The molecule has 0 atom stereocenters. The van der Waals surface area contributed by atoms with Gasteiger partial charge in [0.25, 0.3) is 0 Å². The van der Waals surface area contributed by atoms with Gasteiger partial charge in [-0.1, -0.05) is 6.92 Å². The molecular formula is C10H16F3NO4. The van der Waals surface area contributed by atoms with Crippen LogP contribution >= 0.6 is 0 Å². The van der Waals surface area contributed by atoms with Crippen LogP contribution in [0.25, 0.3) is 0 Å². The van der Waals surface area contributed by atoms with E-state index in [1.165, 1.54) is 0 Å². The van der Waals surface area contributed by atoms with Crippen LogP contribution in [0.1, 0.15) is 13.3 Å². The highest BCUT2D eigenvalue weighted by Gasteiger charge is 2.28. The van der Waals surface area contributed by atoms with Crippen LogP contribution in [0.3, 0.4) is 0 Å². The summed E-state index contributed by atoms with van der Waals surface area (Å²) < 4.78 is 44.0. The van der Waals surface area contributed by atoms with Crippen LogP contribution in [0.2, 0.25) is 0 Å². The van der Waals surface area contributed by atoms with E-state index in [-0.39, 0.29) is 13.1 Å². The number of carbonyl (C=O) groups excluding carboxylic acids is 2. The number of rotatable bonds is 7. The minimum atomic E-state index is -4.47. The van der Waals surface area contributed by atoms with Crippen LogP contribution in [0.4, 0.5) is 13.2 Å². The first-order valence-corrected chi connectivity index (χ1v) is 5.29. The maximum absolute atomic E-state index is 11.8. The first-order valence-electron chi connectivity index (χ1n) is 5.29. The number of alkyl halides is 3. The Morgan fingerprint density at radius 1 is 1.28 bits per heavy atom. The summed E-state index contributed by atoms with van der Waals surface area (Å²) in [5.41, 5.74) is 0. The van der Waals surface area contributed by atoms with Gasteiger partial charge < -0.3 is 14.4 Å². The van der Waals surface area contributed by atoms with Gasteiger partial charge in [0.2, 0.25) is 5.91 Å². The van der Waals surface area contributed by atoms with E-state index < -0.39 is 31.3 Å². The highest BCUT2D eigenvalue weighted by atomic mass is 19.4. The fourth-order valence-electron chi connectivity index (χ4n) is 1.13. The molecule has 0 spiro atoms. The second kappa shape index (κ2) is 7.91. The molecule has 18 heavy (non-hydrogen) atoms. The van der Waals surface area contributed by atoms with E-state index in [2.05, 4.69) is 9.47 Å². The number of amides is 1. The molecule has 0 rings (SSSR count). The van der Waals surface area contributed by atoms with Crippen LogP contribution < -0.4 is 0 Å². The quantitative estimate of drug-likeness (QED) is 0.648. The topological polar surface area (TPSA) is 55.8 Å². The summed E-state index contributed by atoms with van der Waals surface area (Å²) in [5, 5.41) is 0. The van der Waals surface area contributed by atoms with Crippen molar-refractivity contribution in [3.05, 3.63) is 0 Å². The fourth-order valence-corrected chi connectivity index (χ4v) is 1.13. The molecule has 0 aromatic carbocycles. The van der Waals surface area contributed by atoms with Gasteiger partial charge in [-0.15, -0.1) is 0 Å². The Hall–Kier alpha value is -1.31. The molecule has 0 bridgehead atoms. The molecule has 5 nitrogen and oxygen atoms in total. The maximum Gasteiger partial charge on any atom is 0.411 e. The van der Waals surface area contributed by atoms with Gasteiger partial charge in [-0.3, -0.25) is 9.59 Å². The smallest absolute Gasteiger partial charge is 0.411 e. The van der Waals surface area contributed by atoms with Crippen molar-refractivity contribution in [2.45, 2.75) is 19.5 Å². The van der Waals surface area contributed by atoms with Gasteiger partial charge in [0, 0.05) is 6.54 Å². The van der Waals surface area contributed by atoms with Crippen molar-refractivity contribution >= 4 is 11.9 Å². The summed E-state index contributed by atoms with van der Waals surface area (Å²) in [7, 11) is 1.16. The van der Waals surface area contributed by atoms with E-state index in [1.807, 2.05) is 0 Å². The lowest BCUT2D eigenvalue weighted by Gasteiger charge is -2.20. The SMILES string of the molecule is CCCN(CC(=O)OC)C(=O)COCC(F)(F)F. The number of ether oxygens (including phenoxy) is 2. The summed E-state index contributed by atoms with van der Waals surface area (Å²) in [6, 6.07) is 0. The average Bonchev–Trinajstić information content (AvgIpc) is 2.26. The van der Waals surface area contributed by atoms with E-state index >= 15 is 0 Å². The summed E-state index contributed by atoms with van der Waals surface area (Å²) in [5.74, 6) is -1.31. The number of nitrogens with zero attached hydrogens (tertiary/aromatic N) is 1. The third-order valence-corrected chi connectivity index (χ3v) is 1.89. The zero-order chi connectivity index (χ0) is 14.2. The molecule has 0 fully saturated rings. The second-order valence-corrected chi connectivity index (χ2v) is 3.50. The van der Waals surface area contributed by atoms with Gasteiger partial charge in [0.1, 0.15) is 19.8 Å². The van der Waals surface area contributed by atoms with Gasteiger partial charge in [-0.05, 0) is 6.42 Å². The molecule has 106 valence electrons. The molecule has 0 N–H and O–H groups in total. The number of esters is 1. The van der Waals surface area contributed by atoms with Crippen LogP contribution in [0.15, 0.2) is 0 Å². The molecule has 1 amide bonds. The maximum atomic E-state index is 11.8. The van der Waals surface area contributed by atoms with Crippen molar-refractivity contribution in [1.29, 1.82) is 0 Å². The van der Waals surface area contributed by atoms with Gasteiger partial charge in [-0.2, -0.15) is 13.2 Å². The van der Waals surface area contributed by atoms with Gasteiger partial charge in [-0.25, -0.2) is 0 Å². The molecular weight excluding hydrogens is 255 g/mol. The molecule has 0 radical (unpaired) electrons. The fraction of sp³-hybridized carbons (Fsp3) is 0.800. The van der Waals surface area contributed by atoms with E-state index in [0.717, 1.165) is 12.0 Å². The molecule has 0 saturated carbocycles. The third-order valence-electron chi connectivity index (χ3n) is 1.89. The Bertz CT molecular complexity index is 281. The summed E-state index contributed by atoms with van der Waals surface area (Å²) in [4.78, 5) is 23.6. The van der Waals surface area contributed by atoms with E-state index in [9.17, 15) is 22.8 Å². The Morgan fingerprint density at radius 3 is 2.33 bits per heavy atom. The Kier molecular flexibility index (Phi) is 7.33. The van der Waals surface area contributed by atoms with Crippen LogP contribution in [0, 0.1) is 0 Å². The molecule has 0 aromatic heterocycles. The van der Waals surface area contributed by atoms with E-state index in [4.69, 9.17) is 0 Å². The third kappa shape index (κ3) is 7.88. The predicted molar refractivity (Wildman–Crippen MR) is 55.8 cm³/mol. The van der Waals surface area contributed by atoms with Crippen LogP contribution in [0.5, 0.6) is 0 Å². The van der Waals surface area contributed by atoms with Crippen LogP contribution in [-0.4, -0.2) is 56.4 Å². The van der Waals surface area contributed by atoms with Gasteiger partial charge in [0.15, 0.2) is 0 Å². The normalized spacial score (nSPS) is 11.2. The zero-order valence-electron chi connectivity index (χ0n) is 10.2. The number of hydrogen-bond donors (Lipinski definition) is 0. The highest BCUT2D eigenvalue weighted by Crippen LogP contribution is 2.14. The van der Waals surface area contributed by atoms with E-state index in [0.29, 0.717) is 6.42 Å². The van der Waals surface area contributed by atoms with Crippen molar-refractivity contribution in [3.63, 3.8) is 0 Å². The Morgan fingerprint density at radius 2 is 1.89 bits per heavy atom. The molecule has 0 aromatic rings.